The zero-order valence-corrected chi connectivity index (χ0v) is 11.5. The van der Waals surface area contributed by atoms with Gasteiger partial charge in [0.2, 0.25) is 0 Å². The van der Waals surface area contributed by atoms with Crippen LogP contribution in [0, 0.1) is 10.5 Å². The van der Waals surface area contributed by atoms with E-state index in [1.54, 1.807) is 0 Å². The van der Waals surface area contributed by atoms with E-state index < -0.39 is 0 Å². The minimum absolute atomic E-state index is 0.720. The van der Waals surface area contributed by atoms with Gasteiger partial charge in [-0.15, -0.1) is 6.58 Å². The van der Waals surface area contributed by atoms with E-state index in [2.05, 4.69) is 55.2 Å². The quantitative estimate of drug-likeness (QED) is 0.451. The molecule has 0 bridgehead atoms. The molecule has 0 aliphatic heterocycles. The smallest absolute Gasteiger partial charge is 0.125 e. The lowest BCUT2D eigenvalue weighted by molar-refractivity contribution is 0.319. The Morgan fingerprint density at radius 1 is 1.47 bits per heavy atom. The van der Waals surface area contributed by atoms with Crippen molar-refractivity contribution in [3.8, 4) is 5.75 Å². The van der Waals surface area contributed by atoms with Crippen molar-refractivity contribution in [1.82, 2.24) is 0 Å². The molecule has 0 unspecified atom stereocenters. The Morgan fingerprint density at radius 2 is 2.20 bits per heavy atom. The van der Waals surface area contributed by atoms with Crippen LogP contribution in [0.5, 0.6) is 5.75 Å². The van der Waals surface area contributed by atoms with Gasteiger partial charge in [0, 0.05) is 3.57 Å². The van der Waals surface area contributed by atoms with Crippen molar-refractivity contribution in [2.45, 2.75) is 26.7 Å². The highest BCUT2D eigenvalue weighted by Gasteiger charge is 2.06. The van der Waals surface area contributed by atoms with E-state index >= 15 is 0 Å². The summed E-state index contributed by atoms with van der Waals surface area (Å²) in [5.41, 5.74) is 2.52. The maximum absolute atomic E-state index is 5.78. The predicted molar refractivity (Wildman–Crippen MR) is 73.6 cm³/mol. The van der Waals surface area contributed by atoms with Crippen molar-refractivity contribution in [1.29, 1.82) is 0 Å². The molecular formula is C13H17IO. The molecule has 1 nitrogen and oxygen atoms in total. The van der Waals surface area contributed by atoms with Crippen molar-refractivity contribution in [3.63, 3.8) is 0 Å². The molecule has 1 rings (SSSR count). The van der Waals surface area contributed by atoms with E-state index in [4.69, 9.17) is 4.74 Å². The van der Waals surface area contributed by atoms with Gasteiger partial charge < -0.3 is 4.74 Å². The first-order valence-corrected chi connectivity index (χ1v) is 6.29. The zero-order valence-electron chi connectivity index (χ0n) is 9.35. The Labute approximate surface area is 106 Å². The van der Waals surface area contributed by atoms with E-state index in [1.807, 2.05) is 6.08 Å². The normalized spacial score (nSPS) is 10.1. The van der Waals surface area contributed by atoms with E-state index in [0.717, 1.165) is 25.2 Å². The molecule has 15 heavy (non-hydrogen) atoms. The Hall–Kier alpha value is -0.510. The Kier molecular flexibility index (Phi) is 5.15. The third-order valence-corrected chi connectivity index (χ3v) is 2.89. The van der Waals surface area contributed by atoms with Gasteiger partial charge in [0.1, 0.15) is 5.75 Å². The fourth-order valence-electron chi connectivity index (χ4n) is 1.51. The summed E-state index contributed by atoms with van der Waals surface area (Å²) in [4.78, 5) is 0. The van der Waals surface area contributed by atoms with Gasteiger partial charge >= 0.3 is 0 Å². The zero-order chi connectivity index (χ0) is 11.3. The second-order valence-electron chi connectivity index (χ2n) is 3.49. The average molecular weight is 316 g/mol. The molecule has 0 aromatic heterocycles. The van der Waals surface area contributed by atoms with Gasteiger partial charge in [-0.1, -0.05) is 13.0 Å². The molecule has 0 aliphatic carbocycles. The van der Waals surface area contributed by atoms with Gasteiger partial charge in [0.15, 0.2) is 0 Å². The summed E-state index contributed by atoms with van der Waals surface area (Å²) in [7, 11) is 0. The maximum atomic E-state index is 5.78. The molecular weight excluding hydrogens is 299 g/mol. The topological polar surface area (TPSA) is 9.23 Å². The fourth-order valence-corrected chi connectivity index (χ4v) is 2.36. The highest BCUT2D eigenvalue weighted by molar-refractivity contribution is 14.1. The van der Waals surface area contributed by atoms with Gasteiger partial charge in [-0.3, -0.25) is 0 Å². The summed E-state index contributed by atoms with van der Waals surface area (Å²) in [6, 6.07) is 4.35. The molecule has 0 amide bonds. The largest absolute Gasteiger partial charge is 0.493 e. The second-order valence-corrected chi connectivity index (χ2v) is 4.74. The van der Waals surface area contributed by atoms with Crippen molar-refractivity contribution < 1.29 is 4.74 Å². The number of hydrogen-bond donors (Lipinski definition) is 0. The third kappa shape index (κ3) is 3.52. The van der Waals surface area contributed by atoms with E-state index in [1.165, 1.54) is 14.7 Å². The molecule has 0 atom stereocenters. The summed E-state index contributed by atoms with van der Waals surface area (Å²) in [5.74, 6) is 1.06. The fraction of sp³-hybridized carbons (Fsp3) is 0.385. The first kappa shape index (κ1) is 12.6. The molecule has 2 heteroatoms. The first-order valence-electron chi connectivity index (χ1n) is 5.21. The minimum atomic E-state index is 0.720. The van der Waals surface area contributed by atoms with Crippen LogP contribution in [0.25, 0.3) is 0 Å². The molecule has 0 heterocycles. The molecule has 1 aromatic carbocycles. The van der Waals surface area contributed by atoms with Gasteiger partial charge in [-0.25, -0.2) is 0 Å². The molecule has 0 saturated carbocycles. The van der Waals surface area contributed by atoms with Crippen LogP contribution in [0.1, 0.15) is 24.5 Å². The van der Waals surface area contributed by atoms with Crippen LogP contribution in [0.4, 0.5) is 0 Å². The first-order chi connectivity index (χ1) is 7.19. The molecule has 0 N–H and O–H groups in total. The molecule has 0 saturated heterocycles. The number of ether oxygens (including phenoxy) is 1. The molecule has 1 aromatic rings. The molecule has 82 valence electrons. The Bertz CT molecular complexity index is 345. The highest BCUT2D eigenvalue weighted by Crippen LogP contribution is 2.26. The van der Waals surface area contributed by atoms with Crippen LogP contribution < -0.4 is 4.74 Å². The van der Waals surface area contributed by atoms with Crippen molar-refractivity contribution in [2.75, 3.05) is 6.61 Å². The molecule has 0 fully saturated rings. The Morgan fingerprint density at radius 3 is 2.80 bits per heavy atom. The van der Waals surface area contributed by atoms with Crippen LogP contribution in [0.15, 0.2) is 24.8 Å². The summed E-state index contributed by atoms with van der Waals surface area (Å²) in [6.45, 7) is 8.67. The molecule has 0 spiro atoms. The standard InChI is InChI=1S/C13H17IO/c1-4-6-7-15-13-10(3)8-12(14)9-11(13)5-2/h4,8-9H,1,5-7H2,2-3H3. The SMILES string of the molecule is C=CCCOc1c(C)cc(I)cc1CC. The maximum Gasteiger partial charge on any atom is 0.125 e. The number of benzene rings is 1. The predicted octanol–water partition coefficient (Wildman–Crippen LogP) is 4.12. The van der Waals surface area contributed by atoms with E-state index in [0.29, 0.717) is 0 Å². The average Bonchev–Trinajstić information content (AvgIpc) is 2.20. The van der Waals surface area contributed by atoms with Crippen molar-refractivity contribution in [2.24, 2.45) is 0 Å². The lowest BCUT2D eigenvalue weighted by Crippen LogP contribution is -2.01. The lowest BCUT2D eigenvalue weighted by atomic mass is 10.1. The van der Waals surface area contributed by atoms with Crippen molar-refractivity contribution in [3.05, 3.63) is 39.5 Å². The van der Waals surface area contributed by atoms with Gasteiger partial charge in [0.05, 0.1) is 6.61 Å². The van der Waals surface area contributed by atoms with Crippen LogP contribution in [0.3, 0.4) is 0 Å². The Balaban J connectivity index is 2.88. The number of rotatable bonds is 5. The van der Waals surface area contributed by atoms with E-state index in [9.17, 15) is 0 Å². The van der Waals surface area contributed by atoms with E-state index in [-0.39, 0.29) is 0 Å². The van der Waals surface area contributed by atoms with Crippen LogP contribution >= 0.6 is 22.6 Å². The number of aryl methyl sites for hydroxylation is 2. The highest BCUT2D eigenvalue weighted by atomic mass is 127. The third-order valence-electron chi connectivity index (χ3n) is 2.27. The summed E-state index contributed by atoms with van der Waals surface area (Å²) >= 11 is 2.34. The van der Waals surface area contributed by atoms with Gasteiger partial charge in [-0.05, 0) is 65.6 Å². The molecule has 0 radical (unpaired) electrons. The van der Waals surface area contributed by atoms with Crippen LogP contribution in [-0.2, 0) is 6.42 Å². The van der Waals surface area contributed by atoms with Crippen LogP contribution in [0.2, 0.25) is 0 Å². The molecule has 0 aliphatic rings. The number of halogens is 1. The summed E-state index contributed by atoms with van der Waals surface area (Å²) in [6.07, 6.45) is 3.79. The number of hydrogen-bond acceptors (Lipinski definition) is 1. The van der Waals surface area contributed by atoms with Crippen molar-refractivity contribution >= 4 is 22.6 Å². The lowest BCUT2D eigenvalue weighted by Gasteiger charge is -2.13. The summed E-state index contributed by atoms with van der Waals surface area (Å²) in [5, 5.41) is 0. The second kappa shape index (κ2) is 6.16. The van der Waals surface area contributed by atoms with Gasteiger partial charge in [-0.2, -0.15) is 0 Å². The summed E-state index contributed by atoms with van der Waals surface area (Å²) < 4.78 is 7.06. The van der Waals surface area contributed by atoms with Gasteiger partial charge in [0.25, 0.3) is 0 Å². The monoisotopic (exact) mass is 316 g/mol. The van der Waals surface area contributed by atoms with Crippen LogP contribution in [-0.4, -0.2) is 6.61 Å². The minimum Gasteiger partial charge on any atom is -0.493 e.